The van der Waals surface area contributed by atoms with E-state index in [1.165, 1.54) is 31.2 Å². The Morgan fingerprint density at radius 3 is 2.08 bits per heavy atom. The highest BCUT2D eigenvalue weighted by atomic mass is 32.2. The van der Waals surface area contributed by atoms with Crippen molar-refractivity contribution < 1.29 is 22.7 Å². The molecule has 0 aliphatic carbocycles. The third-order valence-electron chi connectivity index (χ3n) is 4.35. The van der Waals surface area contributed by atoms with E-state index in [9.17, 15) is 18.0 Å². The SMILES string of the molecule is CC(=O)c1c(C)cc(C)c(COC(=O)c2ccc(S(C)(=O)=O)cc2)c1C. The molecule has 0 aromatic heterocycles. The van der Waals surface area contributed by atoms with Gasteiger partial charge in [0.2, 0.25) is 0 Å². The van der Waals surface area contributed by atoms with Gasteiger partial charge in [0.15, 0.2) is 15.6 Å². The average Bonchev–Trinajstić information content (AvgIpc) is 2.52. The van der Waals surface area contributed by atoms with Gasteiger partial charge in [0.25, 0.3) is 0 Å². The third-order valence-corrected chi connectivity index (χ3v) is 5.48. The Morgan fingerprint density at radius 2 is 1.58 bits per heavy atom. The van der Waals surface area contributed by atoms with Crippen LogP contribution in [0.5, 0.6) is 0 Å². The van der Waals surface area contributed by atoms with Crippen molar-refractivity contribution in [1.29, 1.82) is 0 Å². The van der Waals surface area contributed by atoms with Crippen LogP contribution < -0.4 is 0 Å². The lowest BCUT2D eigenvalue weighted by molar-refractivity contribution is 0.0471. The van der Waals surface area contributed by atoms with Crippen LogP contribution in [0.1, 0.15) is 49.9 Å². The van der Waals surface area contributed by atoms with E-state index < -0.39 is 15.8 Å². The highest BCUT2D eigenvalue weighted by Crippen LogP contribution is 2.24. The molecule has 0 atom stereocenters. The molecule has 26 heavy (non-hydrogen) atoms. The summed E-state index contributed by atoms with van der Waals surface area (Å²) in [6, 6.07) is 7.52. The van der Waals surface area contributed by atoms with E-state index in [1.54, 1.807) is 0 Å². The predicted molar refractivity (Wildman–Crippen MR) is 99.3 cm³/mol. The fraction of sp³-hybridized carbons (Fsp3) is 0.300. The molecule has 0 N–H and O–H groups in total. The number of Topliss-reactive ketones (excluding diaryl/α,β-unsaturated/α-hetero) is 1. The van der Waals surface area contributed by atoms with Gasteiger partial charge in [-0.15, -0.1) is 0 Å². The molecule has 0 spiro atoms. The van der Waals surface area contributed by atoms with Gasteiger partial charge in [-0.1, -0.05) is 6.07 Å². The summed E-state index contributed by atoms with van der Waals surface area (Å²) in [5.41, 5.74) is 4.40. The molecule has 0 saturated heterocycles. The number of ether oxygens (including phenoxy) is 1. The second kappa shape index (κ2) is 7.41. The molecular weight excluding hydrogens is 352 g/mol. The molecule has 0 amide bonds. The minimum atomic E-state index is -3.31. The van der Waals surface area contributed by atoms with E-state index >= 15 is 0 Å². The number of carbonyl (C=O) groups excluding carboxylic acids is 2. The minimum absolute atomic E-state index is 0.0241. The first kappa shape index (κ1) is 19.8. The van der Waals surface area contributed by atoms with E-state index in [2.05, 4.69) is 0 Å². The molecule has 0 saturated carbocycles. The van der Waals surface area contributed by atoms with Crippen molar-refractivity contribution in [1.82, 2.24) is 0 Å². The quantitative estimate of drug-likeness (QED) is 0.590. The molecule has 2 rings (SSSR count). The maximum Gasteiger partial charge on any atom is 0.338 e. The first-order valence-electron chi connectivity index (χ1n) is 8.10. The molecule has 2 aromatic rings. The van der Waals surface area contributed by atoms with Crippen LogP contribution in [0.25, 0.3) is 0 Å². The van der Waals surface area contributed by atoms with Gasteiger partial charge >= 0.3 is 5.97 Å². The fourth-order valence-electron chi connectivity index (χ4n) is 3.05. The highest BCUT2D eigenvalue weighted by Gasteiger charge is 2.16. The molecule has 0 radical (unpaired) electrons. The smallest absolute Gasteiger partial charge is 0.338 e. The van der Waals surface area contributed by atoms with Crippen LogP contribution in [0.2, 0.25) is 0 Å². The number of sulfone groups is 1. The van der Waals surface area contributed by atoms with Gasteiger partial charge in [-0.05, 0) is 74.2 Å². The van der Waals surface area contributed by atoms with Gasteiger partial charge in [-0.25, -0.2) is 13.2 Å². The van der Waals surface area contributed by atoms with Crippen molar-refractivity contribution in [3.8, 4) is 0 Å². The van der Waals surface area contributed by atoms with Crippen molar-refractivity contribution in [3.63, 3.8) is 0 Å². The molecule has 0 unspecified atom stereocenters. The van der Waals surface area contributed by atoms with Crippen LogP contribution in [0.15, 0.2) is 35.2 Å². The zero-order valence-corrected chi connectivity index (χ0v) is 16.4. The van der Waals surface area contributed by atoms with Crippen molar-refractivity contribution in [3.05, 3.63) is 63.7 Å². The summed E-state index contributed by atoms with van der Waals surface area (Å²) in [7, 11) is -3.31. The lowest BCUT2D eigenvalue weighted by atomic mass is 9.92. The number of hydrogen-bond acceptors (Lipinski definition) is 5. The van der Waals surface area contributed by atoms with Crippen molar-refractivity contribution >= 4 is 21.6 Å². The molecule has 6 heteroatoms. The van der Waals surface area contributed by atoms with Crippen molar-refractivity contribution in [2.75, 3.05) is 6.26 Å². The second-order valence-electron chi connectivity index (χ2n) is 6.42. The standard InChI is InChI=1S/C20H22O5S/c1-12-10-13(2)19(15(4)21)14(3)18(12)11-25-20(22)16-6-8-17(9-7-16)26(5,23)24/h6-10H,11H2,1-5H3. The minimum Gasteiger partial charge on any atom is -0.457 e. The van der Waals surface area contributed by atoms with Gasteiger partial charge in [0.1, 0.15) is 6.61 Å². The molecule has 5 nitrogen and oxygen atoms in total. The summed E-state index contributed by atoms with van der Waals surface area (Å²) < 4.78 is 28.3. The van der Waals surface area contributed by atoms with Crippen molar-refractivity contribution in [2.45, 2.75) is 39.2 Å². The van der Waals surface area contributed by atoms with Gasteiger partial charge in [0.05, 0.1) is 10.5 Å². The number of benzene rings is 2. The Hall–Kier alpha value is -2.47. The molecule has 0 bridgehead atoms. The Morgan fingerprint density at radius 1 is 1.00 bits per heavy atom. The topological polar surface area (TPSA) is 77.5 Å². The maximum absolute atomic E-state index is 12.2. The molecule has 0 aliphatic heterocycles. The molecule has 2 aromatic carbocycles. The maximum atomic E-state index is 12.2. The van der Waals surface area contributed by atoms with E-state index in [0.717, 1.165) is 28.5 Å². The van der Waals surface area contributed by atoms with E-state index in [4.69, 9.17) is 4.74 Å². The first-order chi connectivity index (χ1) is 12.0. The summed E-state index contributed by atoms with van der Waals surface area (Å²) in [6.07, 6.45) is 1.11. The highest BCUT2D eigenvalue weighted by molar-refractivity contribution is 7.90. The number of ketones is 1. The number of aryl methyl sites for hydroxylation is 2. The summed E-state index contributed by atoms with van der Waals surface area (Å²) >= 11 is 0. The van der Waals surface area contributed by atoms with Crippen LogP contribution in [0, 0.1) is 20.8 Å². The molecule has 0 heterocycles. The number of carbonyl (C=O) groups is 2. The van der Waals surface area contributed by atoms with Gasteiger partial charge < -0.3 is 4.74 Å². The van der Waals surface area contributed by atoms with Gasteiger partial charge in [-0.2, -0.15) is 0 Å². The largest absolute Gasteiger partial charge is 0.457 e. The average molecular weight is 374 g/mol. The Bertz CT molecular complexity index is 970. The number of rotatable bonds is 5. The van der Waals surface area contributed by atoms with Crippen molar-refractivity contribution in [2.24, 2.45) is 0 Å². The molecule has 0 fully saturated rings. The lowest BCUT2D eigenvalue weighted by Gasteiger charge is -2.16. The van der Waals surface area contributed by atoms with Crippen LogP contribution in [0.4, 0.5) is 0 Å². The third kappa shape index (κ3) is 4.19. The first-order valence-corrected chi connectivity index (χ1v) is 9.99. The van der Waals surface area contributed by atoms with E-state index in [-0.39, 0.29) is 22.8 Å². The Kier molecular flexibility index (Phi) is 5.66. The van der Waals surface area contributed by atoms with Gasteiger partial charge in [0, 0.05) is 11.8 Å². The number of hydrogen-bond donors (Lipinski definition) is 0. The molecule has 0 aliphatic rings. The van der Waals surface area contributed by atoms with E-state index in [0.29, 0.717) is 5.56 Å². The zero-order valence-electron chi connectivity index (χ0n) is 15.5. The summed E-state index contributed by atoms with van der Waals surface area (Å²) in [6.45, 7) is 7.21. The molecule has 138 valence electrons. The Balaban J connectivity index is 2.22. The summed E-state index contributed by atoms with van der Waals surface area (Å²) in [5.74, 6) is -0.572. The number of esters is 1. The lowest BCUT2D eigenvalue weighted by Crippen LogP contribution is -2.10. The second-order valence-corrected chi connectivity index (χ2v) is 8.43. The summed E-state index contributed by atoms with van der Waals surface area (Å²) in [5, 5.41) is 0. The van der Waals surface area contributed by atoms with E-state index in [1.807, 2.05) is 26.8 Å². The van der Waals surface area contributed by atoms with Crippen LogP contribution in [0.3, 0.4) is 0 Å². The fourth-order valence-corrected chi connectivity index (χ4v) is 3.68. The normalized spacial score (nSPS) is 11.3. The molecular formula is C20H22O5S. The summed E-state index contributed by atoms with van der Waals surface area (Å²) in [4.78, 5) is 24.3. The predicted octanol–water partition coefficient (Wildman–Crippen LogP) is 3.57. The van der Waals surface area contributed by atoms with Crippen LogP contribution in [-0.4, -0.2) is 26.4 Å². The van der Waals surface area contributed by atoms with Crippen LogP contribution in [-0.2, 0) is 21.2 Å². The van der Waals surface area contributed by atoms with Gasteiger partial charge in [-0.3, -0.25) is 4.79 Å². The monoisotopic (exact) mass is 374 g/mol. The van der Waals surface area contributed by atoms with Crippen LogP contribution >= 0.6 is 0 Å². The zero-order chi connectivity index (χ0) is 19.6. The Labute approximate surface area is 153 Å².